The highest BCUT2D eigenvalue weighted by atomic mass is 16.2. The van der Waals surface area contributed by atoms with Gasteiger partial charge >= 0.3 is 0 Å². The zero-order valence-corrected chi connectivity index (χ0v) is 14.1. The van der Waals surface area contributed by atoms with Crippen molar-refractivity contribution in [3.05, 3.63) is 84.4 Å². The molecule has 3 rings (SSSR count). The second-order valence-electron chi connectivity index (χ2n) is 5.58. The summed E-state index contributed by atoms with van der Waals surface area (Å²) in [5.41, 5.74) is 2.99. The average Bonchev–Trinajstić information content (AvgIpc) is 2.72. The van der Waals surface area contributed by atoms with Gasteiger partial charge in [-0.2, -0.15) is 0 Å². The van der Waals surface area contributed by atoms with Crippen molar-refractivity contribution in [2.45, 2.75) is 0 Å². The molecule has 2 aromatic carbocycles. The van der Waals surface area contributed by atoms with E-state index in [1.165, 1.54) is 6.33 Å². The van der Waals surface area contributed by atoms with E-state index >= 15 is 0 Å². The molecule has 0 bridgehead atoms. The standard InChI is InChI=1S/C20H18N4O2/c25-19(16-4-2-1-3-5-16)23-10-11-24-20(26)17-8-6-15(7-9-17)18-12-21-14-22-13-18/h1-9,12-14H,10-11H2,(H,23,25)(H,24,26). The van der Waals surface area contributed by atoms with Gasteiger partial charge in [-0.1, -0.05) is 30.3 Å². The van der Waals surface area contributed by atoms with Gasteiger partial charge in [0.25, 0.3) is 11.8 Å². The number of amides is 2. The molecule has 26 heavy (non-hydrogen) atoms. The molecule has 0 aliphatic rings. The Hall–Kier alpha value is -3.54. The summed E-state index contributed by atoms with van der Waals surface area (Å²) in [6, 6.07) is 16.2. The highest BCUT2D eigenvalue weighted by Gasteiger charge is 2.07. The largest absolute Gasteiger partial charge is 0.350 e. The normalized spacial score (nSPS) is 10.2. The minimum Gasteiger partial charge on any atom is -0.350 e. The molecule has 0 fully saturated rings. The summed E-state index contributed by atoms with van der Waals surface area (Å²) in [6.07, 6.45) is 4.91. The van der Waals surface area contributed by atoms with Crippen LogP contribution in [0.2, 0.25) is 0 Å². The number of carbonyl (C=O) groups excluding carboxylic acids is 2. The first-order chi connectivity index (χ1) is 12.7. The number of carbonyl (C=O) groups is 2. The Morgan fingerprint density at radius 1 is 0.692 bits per heavy atom. The zero-order valence-electron chi connectivity index (χ0n) is 14.1. The fourth-order valence-corrected chi connectivity index (χ4v) is 2.41. The van der Waals surface area contributed by atoms with Crippen molar-refractivity contribution in [2.24, 2.45) is 0 Å². The Labute approximate surface area is 151 Å². The number of benzene rings is 2. The highest BCUT2D eigenvalue weighted by molar-refractivity contribution is 5.95. The highest BCUT2D eigenvalue weighted by Crippen LogP contribution is 2.17. The smallest absolute Gasteiger partial charge is 0.251 e. The Bertz CT molecular complexity index is 865. The lowest BCUT2D eigenvalue weighted by molar-refractivity contribution is 0.0927. The van der Waals surface area contributed by atoms with Gasteiger partial charge in [0.1, 0.15) is 6.33 Å². The van der Waals surface area contributed by atoms with Crippen LogP contribution in [0.4, 0.5) is 0 Å². The summed E-state index contributed by atoms with van der Waals surface area (Å²) >= 11 is 0. The molecule has 0 unspecified atom stereocenters. The molecule has 0 aliphatic carbocycles. The monoisotopic (exact) mass is 346 g/mol. The molecule has 0 aliphatic heterocycles. The number of nitrogens with one attached hydrogen (secondary N) is 2. The predicted octanol–water partition coefficient (Wildman–Crippen LogP) is 2.30. The van der Waals surface area contributed by atoms with Crippen LogP contribution in [0, 0.1) is 0 Å². The van der Waals surface area contributed by atoms with Gasteiger partial charge < -0.3 is 10.6 Å². The second kappa shape index (κ2) is 8.53. The summed E-state index contributed by atoms with van der Waals surface area (Å²) in [6.45, 7) is 0.713. The molecule has 6 heteroatoms. The van der Waals surface area contributed by atoms with E-state index in [-0.39, 0.29) is 11.8 Å². The van der Waals surface area contributed by atoms with Gasteiger partial charge in [-0.3, -0.25) is 9.59 Å². The minimum atomic E-state index is -0.185. The van der Waals surface area contributed by atoms with Crippen LogP contribution in [0.25, 0.3) is 11.1 Å². The van der Waals surface area contributed by atoms with E-state index in [0.29, 0.717) is 24.2 Å². The van der Waals surface area contributed by atoms with Crippen molar-refractivity contribution in [3.8, 4) is 11.1 Å². The number of hydrogen-bond acceptors (Lipinski definition) is 4. The van der Waals surface area contributed by atoms with Gasteiger partial charge in [0.05, 0.1) is 0 Å². The fraction of sp³-hybridized carbons (Fsp3) is 0.100. The lowest BCUT2D eigenvalue weighted by Crippen LogP contribution is -2.34. The summed E-state index contributed by atoms with van der Waals surface area (Å²) in [5.74, 6) is -0.343. The summed E-state index contributed by atoms with van der Waals surface area (Å²) in [7, 11) is 0. The fourth-order valence-electron chi connectivity index (χ4n) is 2.41. The Balaban J connectivity index is 1.47. The van der Waals surface area contributed by atoms with Gasteiger partial charge in [-0.15, -0.1) is 0 Å². The number of nitrogens with zero attached hydrogens (tertiary/aromatic N) is 2. The van der Waals surface area contributed by atoms with Crippen molar-refractivity contribution >= 4 is 11.8 Å². The van der Waals surface area contributed by atoms with Crippen molar-refractivity contribution < 1.29 is 9.59 Å². The number of aromatic nitrogens is 2. The average molecular weight is 346 g/mol. The van der Waals surface area contributed by atoms with Crippen molar-refractivity contribution in [1.29, 1.82) is 0 Å². The first kappa shape index (κ1) is 17.3. The molecular weight excluding hydrogens is 328 g/mol. The van der Waals surface area contributed by atoms with E-state index in [0.717, 1.165) is 11.1 Å². The van der Waals surface area contributed by atoms with Crippen LogP contribution in [-0.2, 0) is 0 Å². The molecule has 1 heterocycles. The van der Waals surface area contributed by atoms with Crippen molar-refractivity contribution in [1.82, 2.24) is 20.6 Å². The molecule has 6 nitrogen and oxygen atoms in total. The van der Waals surface area contributed by atoms with Gasteiger partial charge in [0.15, 0.2) is 0 Å². The molecule has 0 radical (unpaired) electrons. The SMILES string of the molecule is O=C(NCCNC(=O)c1ccc(-c2cncnc2)cc1)c1ccccc1. The maximum absolute atomic E-state index is 12.2. The van der Waals surface area contributed by atoms with Crippen LogP contribution in [0.15, 0.2) is 73.3 Å². The van der Waals surface area contributed by atoms with Crippen molar-refractivity contribution in [2.75, 3.05) is 13.1 Å². The third kappa shape index (κ3) is 4.51. The van der Waals surface area contributed by atoms with E-state index in [1.807, 2.05) is 30.3 Å². The molecule has 1 aromatic heterocycles. The molecule has 130 valence electrons. The second-order valence-corrected chi connectivity index (χ2v) is 5.58. The van der Waals surface area contributed by atoms with Crippen molar-refractivity contribution in [3.63, 3.8) is 0 Å². The van der Waals surface area contributed by atoms with Crippen LogP contribution < -0.4 is 10.6 Å². The van der Waals surface area contributed by atoms with Crippen LogP contribution in [0.3, 0.4) is 0 Å². The van der Waals surface area contributed by atoms with E-state index < -0.39 is 0 Å². The third-order valence-electron chi connectivity index (χ3n) is 3.77. The quantitative estimate of drug-likeness (QED) is 0.671. The Morgan fingerprint density at radius 3 is 1.81 bits per heavy atom. The van der Waals surface area contributed by atoms with Gasteiger partial charge in [0, 0.05) is 42.2 Å². The van der Waals surface area contributed by atoms with Gasteiger partial charge in [0.2, 0.25) is 0 Å². The Morgan fingerprint density at radius 2 is 1.23 bits per heavy atom. The van der Waals surface area contributed by atoms with Crippen LogP contribution in [-0.4, -0.2) is 34.9 Å². The zero-order chi connectivity index (χ0) is 18.2. The first-order valence-corrected chi connectivity index (χ1v) is 8.21. The first-order valence-electron chi connectivity index (χ1n) is 8.21. The van der Waals surface area contributed by atoms with Crippen LogP contribution in [0.5, 0.6) is 0 Å². The van der Waals surface area contributed by atoms with Crippen LogP contribution >= 0.6 is 0 Å². The van der Waals surface area contributed by atoms with Gasteiger partial charge in [-0.05, 0) is 29.8 Å². The molecule has 0 saturated heterocycles. The summed E-state index contributed by atoms with van der Waals surface area (Å²) in [5, 5.41) is 5.56. The lowest BCUT2D eigenvalue weighted by atomic mass is 10.1. The molecule has 0 spiro atoms. The molecular formula is C20H18N4O2. The summed E-state index contributed by atoms with van der Waals surface area (Å²) in [4.78, 5) is 32.0. The third-order valence-corrected chi connectivity index (χ3v) is 3.77. The molecule has 2 N–H and O–H groups in total. The number of hydrogen-bond donors (Lipinski definition) is 2. The molecule has 0 atom stereocenters. The van der Waals surface area contributed by atoms with Gasteiger partial charge in [-0.25, -0.2) is 9.97 Å². The van der Waals surface area contributed by atoms with E-state index in [9.17, 15) is 9.59 Å². The van der Waals surface area contributed by atoms with E-state index in [1.54, 1.807) is 36.7 Å². The maximum Gasteiger partial charge on any atom is 0.251 e. The minimum absolute atomic E-state index is 0.158. The number of rotatable bonds is 6. The maximum atomic E-state index is 12.2. The molecule has 0 saturated carbocycles. The summed E-state index contributed by atoms with van der Waals surface area (Å²) < 4.78 is 0. The predicted molar refractivity (Wildman–Crippen MR) is 98.6 cm³/mol. The lowest BCUT2D eigenvalue weighted by Gasteiger charge is -2.08. The van der Waals surface area contributed by atoms with Crippen LogP contribution in [0.1, 0.15) is 20.7 Å². The molecule has 3 aromatic rings. The van der Waals surface area contributed by atoms with E-state index in [4.69, 9.17) is 0 Å². The topological polar surface area (TPSA) is 84.0 Å². The van der Waals surface area contributed by atoms with E-state index in [2.05, 4.69) is 20.6 Å². The molecule has 2 amide bonds. The Kier molecular flexibility index (Phi) is 5.67.